The Morgan fingerprint density at radius 3 is 2.29 bits per heavy atom. The minimum atomic E-state index is -0.299. The second kappa shape index (κ2) is 8.14. The number of para-hydroxylation sites is 1. The van der Waals surface area contributed by atoms with Crippen molar-refractivity contribution in [1.29, 1.82) is 0 Å². The molecule has 0 aliphatic rings. The maximum atomic E-state index is 12.1. The number of carbonyl (C=O) groups is 2. The average molecular weight is 372 g/mol. The van der Waals surface area contributed by atoms with Crippen LogP contribution in [-0.4, -0.2) is 37.1 Å². The zero-order chi connectivity index (χ0) is 17.7. The lowest BCUT2D eigenvalue weighted by molar-refractivity contribution is -0.862. The van der Waals surface area contributed by atoms with Gasteiger partial charge in [-0.05, 0) is 19.1 Å². The maximum Gasteiger partial charge on any atom is 0.280 e. The van der Waals surface area contributed by atoms with Crippen molar-refractivity contribution in [2.24, 2.45) is 0 Å². The molecule has 2 aromatic rings. The lowest BCUT2D eigenvalue weighted by atomic mass is 10.3. The summed E-state index contributed by atoms with van der Waals surface area (Å²) in [6, 6.07) is 6.56. The SMILES string of the molecule is Cc1cc(NC(=O)C[NH+](C)CC(=O)Nc2c(Cl)cccc2Cl)no1. The van der Waals surface area contributed by atoms with Gasteiger partial charge in [0.25, 0.3) is 11.8 Å². The third kappa shape index (κ3) is 5.23. The van der Waals surface area contributed by atoms with E-state index in [0.717, 1.165) is 0 Å². The summed E-state index contributed by atoms with van der Waals surface area (Å²) < 4.78 is 4.86. The van der Waals surface area contributed by atoms with Crippen molar-refractivity contribution < 1.29 is 19.0 Å². The molecule has 0 saturated heterocycles. The van der Waals surface area contributed by atoms with Crippen molar-refractivity contribution in [2.75, 3.05) is 30.8 Å². The summed E-state index contributed by atoms with van der Waals surface area (Å²) in [5.74, 6) is 0.372. The Balaban J connectivity index is 1.84. The number of nitrogens with one attached hydrogen (secondary N) is 3. The molecular weight excluding hydrogens is 355 g/mol. The summed E-state index contributed by atoms with van der Waals surface area (Å²) in [5, 5.41) is 9.63. The monoisotopic (exact) mass is 371 g/mol. The fraction of sp³-hybridized carbons (Fsp3) is 0.267. The molecule has 1 aromatic heterocycles. The van der Waals surface area contributed by atoms with Crippen molar-refractivity contribution in [3.05, 3.63) is 40.1 Å². The lowest BCUT2D eigenvalue weighted by Crippen LogP contribution is -3.11. The molecule has 0 aliphatic heterocycles. The van der Waals surface area contributed by atoms with E-state index < -0.39 is 0 Å². The Morgan fingerprint density at radius 2 is 1.75 bits per heavy atom. The topological polar surface area (TPSA) is 88.7 Å². The Kier molecular flexibility index (Phi) is 6.19. The molecule has 0 bridgehead atoms. The molecule has 2 amide bonds. The number of benzene rings is 1. The minimum Gasteiger partial charge on any atom is -0.360 e. The van der Waals surface area contributed by atoms with E-state index in [0.29, 0.717) is 32.2 Å². The molecule has 0 radical (unpaired) electrons. The van der Waals surface area contributed by atoms with E-state index in [1.165, 1.54) is 0 Å². The average Bonchev–Trinajstić information content (AvgIpc) is 2.87. The van der Waals surface area contributed by atoms with Gasteiger partial charge in [0, 0.05) is 6.07 Å². The van der Waals surface area contributed by atoms with Crippen LogP contribution in [0.3, 0.4) is 0 Å². The van der Waals surface area contributed by atoms with Gasteiger partial charge in [0.2, 0.25) is 0 Å². The van der Waals surface area contributed by atoms with E-state index in [2.05, 4.69) is 15.8 Å². The number of likely N-dealkylation sites (N-methyl/N-ethyl adjacent to an activating group) is 1. The molecule has 0 aliphatic carbocycles. The first kappa shape index (κ1) is 18.3. The first-order valence-electron chi connectivity index (χ1n) is 7.13. The van der Waals surface area contributed by atoms with Gasteiger partial charge in [-0.25, -0.2) is 0 Å². The van der Waals surface area contributed by atoms with E-state index in [4.69, 9.17) is 27.7 Å². The molecule has 0 saturated carbocycles. The normalized spacial score (nSPS) is 11.8. The van der Waals surface area contributed by atoms with E-state index in [1.807, 2.05) is 0 Å². The molecule has 1 aromatic carbocycles. The highest BCUT2D eigenvalue weighted by Gasteiger charge is 2.17. The van der Waals surface area contributed by atoms with Crippen molar-refractivity contribution in [3.8, 4) is 0 Å². The number of anilines is 2. The smallest absolute Gasteiger partial charge is 0.280 e. The molecule has 2 rings (SSSR count). The molecule has 9 heteroatoms. The third-order valence-electron chi connectivity index (χ3n) is 3.05. The van der Waals surface area contributed by atoms with Crippen LogP contribution in [0.15, 0.2) is 28.8 Å². The van der Waals surface area contributed by atoms with Crippen LogP contribution in [0.4, 0.5) is 11.5 Å². The molecule has 0 fully saturated rings. The number of nitrogens with zero attached hydrogens (tertiary/aromatic N) is 1. The quantitative estimate of drug-likeness (QED) is 0.715. The second-order valence-corrected chi connectivity index (χ2v) is 6.14. The van der Waals surface area contributed by atoms with Crippen LogP contribution in [0.5, 0.6) is 0 Å². The molecule has 1 heterocycles. The van der Waals surface area contributed by atoms with Gasteiger partial charge in [0.15, 0.2) is 18.9 Å². The van der Waals surface area contributed by atoms with E-state index in [1.54, 1.807) is 38.2 Å². The molecule has 1 atom stereocenters. The molecular formula is C15H17Cl2N4O3+. The predicted molar refractivity (Wildman–Crippen MR) is 91.6 cm³/mol. The van der Waals surface area contributed by atoms with Gasteiger partial charge in [0.1, 0.15) is 5.76 Å². The molecule has 7 nitrogen and oxygen atoms in total. The van der Waals surface area contributed by atoms with Gasteiger partial charge >= 0.3 is 0 Å². The number of quaternary nitrogens is 1. The van der Waals surface area contributed by atoms with Crippen LogP contribution in [0.2, 0.25) is 10.0 Å². The molecule has 3 N–H and O–H groups in total. The summed E-state index contributed by atoms with van der Waals surface area (Å²) in [5.41, 5.74) is 0.362. The fourth-order valence-corrected chi connectivity index (χ4v) is 2.52. The van der Waals surface area contributed by atoms with E-state index in [-0.39, 0.29) is 24.9 Å². The first-order valence-corrected chi connectivity index (χ1v) is 7.89. The Bertz CT molecular complexity index is 728. The Morgan fingerprint density at radius 1 is 1.17 bits per heavy atom. The number of rotatable bonds is 6. The minimum absolute atomic E-state index is 0.0762. The van der Waals surface area contributed by atoms with Gasteiger partial charge in [-0.15, -0.1) is 0 Å². The fourth-order valence-electron chi connectivity index (χ4n) is 2.02. The number of amides is 2. The van der Waals surface area contributed by atoms with Crippen molar-refractivity contribution in [2.45, 2.75) is 6.92 Å². The van der Waals surface area contributed by atoms with Crippen LogP contribution in [0.1, 0.15) is 5.76 Å². The van der Waals surface area contributed by atoms with Gasteiger partial charge in [-0.1, -0.05) is 34.4 Å². The number of halogens is 2. The Labute approximate surface area is 148 Å². The summed E-state index contributed by atoms with van der Waals surface area (Å²) >= 11 is 12.0. The largest absolute Gasteiger partial charge is 0.360 e. The highest BCUT2D eigenvalue weighted by molar-refractivity contribution is 6.39. The molecule has 128 valence electrons. The summed E-state index contributed by atoms with van der Waals surface area (Å²) in [7, 11) is 1.72. The van der Waals surface area contributed by atoms with Crippen LogP contribution >= 0.6 is 23.2 Å². The highest BCUT2D eigenvalue weighted by Crippen LogP contribution is 2.29. The number of aryl methyl sites for hydroxylation is 1. The lowest BCUT2D eigenvalue weighted by Gasteiger charge is -2.14. The predicted octanol–water partition coefficient (Wildman–Crippen LogP) is 1.38. The zero-order valence-corrected chi connectivity index (χ0v) is 14.7. The van der Waals surface area contributed by atoms with Gasteiger partial charge in [-0.2, -0.15) is 0 Å². The van der Waals surface area contributed by atoms with Crippen molar-refractivity contribution in [1.82, 2.24) is 5.16 Å². The Hall–Kier alpha value is -2.09. The van der Waals surface area contributed by atoms with Crippen LogP contribution in [-0.2, 0) is 9.59 Å². The van der Waals surface area contributed by atoms with Crippen LogP contribution < -0.4 is 15.5 Å². The zero-order valence-electron chi connectivity index (χ0n) is 13.2. The number of aromatic nitrogens is 1. The second-order valence-electron chi connectivity index (χ2n) is 5.33. The van der Waals surface area contributed by atoms with E-state index in [9.17, 15) is 9.59 Å². The van der Waals surface area contributed by atoms with Crippen molar-refractivity contribution in [3.63, 3.8) is 0 Å². The first-order chi connectivity index (χ1) is 11.3. The number of hydrogen-bond acceptors (Lipinski definition) is 4. The molecule has 0 spiro atoms. The highest BCUT2D eigenvalue weighted by atomic mass is 35.5. The number of hydrogen-bond donors (Lipinski definition) is 3. The summed E-state index contributed by atoms with van der Waals surface area (Å²) in [6.45, 7) is 1.90. The van der Waals surface area contributed by atoms with Crippen molar-refractivity contribution >= 4 is 46.5 Å². The molecule has 1 unspecified atom stereocenters. The third-order valence-corrected chi connectivity index (χ3v) is 3.68. The van der Waals surface area contributed by atoms with E-state index >= 15 is 0 Å². The standard InChI is InChI=1S/C15H16Cl2N4O3/c1-9-6-12(20-24-9)18-13(22)7-21(2)8-14(23)19-15-10(16)4-3-5-11(15)17/h3-6H,7-8H2,1-2H3,(H,19,23)(H,18,20,22)/p+1. The van der Waals surface area contributed by atoms with Gasteiger partial charge in [0.05, 0.1) is 22.8 Å². The summed E-state index contributed by atoms with van der Waals surface area (Å²) in [4.78, 5) is 24.6. The van der Waals surface area contributed by atoms with Gasteiger partial charge in [-0.3, -0.25) is 9.59 Å². The van der Waals surface area contributed by atoms with Gasteiger partial charge < -0.3 is 20.1 Å². The maximum absolute atomic E-state index is 12.1. The summed E-state index contributed by atoms with van der Waals surface area (Å²) in [6.07, 6.45) is 0. The number of carbonyl (C=O) groups excluding carboxylic acids is 2. The van der Waals surface area contributed by atoms with Crippen LogP contribution in [0, 0.1) is 6.92 Å². The van der Waals surface area contributed by atoms with Crippen LogP contribution in [0.25, 0.3) is 0 Å². The molecule has 24 heavy (non-hydrogen) atoms.